The van der Waals surface area contributed by atoms with Crippen LogP contribution in [-0.4, -0.2) is 25.4 Å². The second-order valence-electron chi connectivity index (χ2n) is 4.62. The number of hydrogen-bond acceptors (Lipinski definition) is 5. The van der Waals surface area contributed by atoms with Gasteiger partial charge in [-0.2, -0.15) is 4.37 Å². The van der Waals surface area contributed by atoms with E-state index in [9.17, 15) is 4.79 Å². The van der Waals surface area contributed by atoms with Crippen molar-refractivity contribution in [2.24, 2.45) is 5.41 Å². The Morgan fingerprint density at radius 2 is 2.06 bits per heavy atom. The van der Waals surface area contributed by atoms with Crippen LogP contribution in [0.5, 0.6) is 0 Å². The Morgan fingerprint density at radius 1 is 1.39 bits per heavy atom. The Morgan fingerprint density at radius 3 is 2.67 bits per heavy atom. The molecule has 94 valence electrons. The van der Waals surface area contributed by atoms with Gasteiger partial charge in [-0.05, 0) is 37.5 Å². The molecule has 0 aliphatic heterocycles. The summed E-state index contributed by atoms with van der Waals surface area (Å²) in [5.74, 6) is -0.276. The van der Waals surface area contributed by atoms with Crippen LogP contribution in [0.2, 0.25) is 0 Å². The van der Waals surface area contributed by atoms with E-state index in [1.54, 1.807) is 26.2 Å². The van der Waals surface area contributed by atoms with Crippen LogP contribution in [0, 0.1) is 5.41 Å². The fourth-order valence-electron chi connectivity index (χ4n) is 1.41. The van der Waals surface area contributed by atoms with E-state index in [4.69, 9.17) is 5.11 Å². The van der Waals surface area contributed by atoms with Gasteiger partial charge >= 0.3 is 5.97 Å². The Labute approximate surface area is 109 Å². The lowest BCUT2D eigenvalue weighted by molar-refractivity contribution is -0.146. The van der Waals surface area contributed by atoms with Crippen LogP contribution >= 0.6 is 11.5 Å². The van der Waals surface area contributed by atoms with Crippen molar-refractivity contribution in [1.82, 2.24) is 14.3 Å². The molecule has 1 N–H and O–H groups in total. The predicted molar refractivity (Wildman–Crippen MR) is 68.3 cm³/mol. The van der Waals surface area contributed by atoms with Gasteiger partial charge in [-0.15, -0.1) is 0 Å². The molecule has 0 aliphatic rings. The molecule has 5 nitrogen and oxygen atoms in total. The number of pyridine rings is 1. The summed E-state index contributed by atoms with van der Waals surface area (Å²) >= 11 is 1.27. The van der Waals surface area contributed by atoms with Crippen LogP contribution < -0.4 is 0 Å². The fourth-order valence-corrected chi connectivity index (χ4v) is 2.09. The second-order valence-corrected chi connectivity index (χ2v) is 5.37. The summed E-state index contributed by atoms with van der Waals surface area (Å²) in [6.45, 7) is 3.34. The number of aliphatic carboxylic acids is 1. The quantitative estimate of drug-likeness (QED) is 0.915. The highest BCUT2D eigenvalue weighted by Crippen LogP contribution is 2.25. The van der Waals surface area contributed by atoms with Gasteiger partial charge in [0, 0.05) is 24.4 Å². The zero-order valence-corrected chi connectivity index (χ0v) is 10.9. The lowest BCUT2D eigenvalue weighted by atomic mass is 9.89. The third-order valence-electron chi connectivity index (χ3n) is 2.57. The molecule has 2 rings (SSSR count). The molecule has 0 amide bonds. The van der Waals surface area contributed by atoms with Crippen LogP contribution in [0.15, 0.2) is 24.5 Å². The standard InChI is InChI=1S/C12H13N3O2S/c1-12(2,11(16)17)7-9-14-10(18-15-9)8-3-5-13-6-4-8/h3-6H,7H2,1-2H3,(H,16,17). The lowest BCUT2D eigenvalue weighted by Crippen LogP contribution is -2.26. The first-order valence-electron chi connectivity index (χ1n) is 5.45. The van der Waals surface area contributed by atoms with E-state index in [0.717, 1.165) is 10.6 Å². The summed E-state index contributed by atoms with van der Waals surface area (Å²) in [5, 5.41) is 9.85. The number of nitrogens with zero attached hydrogens (tertiary/aromatic N) is 3. The van der Waals surface area contributed by atoms with Gasteiger partial charge in [0.25, 0.3) is 0 Å². The molecule has 18 heavy (non-hydrogen) atoms. The molecule has 0 aromatic carbocycles. The van der Waals surface area contributed by atoms with Crippen molar-refractivity contribution in [2.45, 2.75) is 20.3 Å². The molecule has 2 aromatic heterocycles. The maximum absolute atomic E-state index is 11.0. The highest BCUT2D eigenvalue weighted by molar-refractivity contribution is 7.09. The summed E-state index contributed by atoms with van der Waals surface area (Å²) in [4.78, 5) is 19.3. The number of rotatable bonds is 4. The number of aromatic nitrogens is 3. The summed E-state index contributed by atoms with van der Waals surface area (Å²) in [6.07, 6.45) is 3.71. The first kappa shape index (κ1) is 12.6. The van der Waals surface area contributed by atoms with Crippen molar-refractivity contribution in [3.8, 4) is 10.6 Å². The van der Waals surface area contributed by atoms with E-state index < -0.39 is 11.4 Å². The molecule has 0 spiro atoms. The van der Waals surface area contributed by atoms with Crippen molar-refractivity contribution in [1.29, 1.82) is 0 Å². The largest absolute Gasteiger partial charge is 0.481 e. The highest BCUT2D eigenvalue weighted by Gasteiger charge is 2.29. The molecule has 2 aromatic rings. The summed E-state index contributed by atoms with van der Waals surface area (Å²) in [6, 6.07) is 3.71. The molecule has 0 radical (unpaired) electrons. The van der Waals surface area contributed by atoms with Gasteiger partial charge in [0.05, 0.1) is 5.41 Å². The van der Waals surface area contributed by atoms with Crippen LogP contribution in [0.25, 0.3) is 10.6 Å². The van der Waals surface area contributed by atoms with Crippen molar-refractivity contribution in [2.75, 3.05) is 0 Å². The summed E-state index contributed by atoms with van der Waals surface area (Å²) < 4.78 is 4.21. The summed E-state index contributed by atoms with van der Waals surface area (Å²) in [5.41, 5.74) is 0.0956. The number of carbonyl (C=O) groups is 1. The van der Waals surface area contributed by atoms with Gasteiger partial charge < -0.3 is 5.11 Å². The average molecular weight is 263 g/mol. The van der Waals surface area contributed by atoms with Crippen molar-refractivity contribution in [3.63, 3.8) is 0 Å². The first-order valence-corrected chi connectivity index (χ1v) is 6.23. The molecule has 0 aliphatic carbocycles. The highest BCUT2D eigenvalue weighted by atomic mass is 32.1. The van der Waals surface area contributed by atoms with Gasteiger partial charge in [0.1, 0.15) is 10.8 Å². The number of carboxylic acids is 1. The van der Waals surface area contributed by atoms with E-state index >= 15 is 0 Å². The van der Waals surface area contributed by atoms with Gasteiger partial charge in [-0.25, -0.2) is 4.98 Å². The third-order valence-corrected chi connectivity index (χ3v) is 3.38. The minimum Gasteiger partial charge on any atom is -0.481 e. The number of hydrogen-bond donors (Lipinski definition) is 1. The third kappa shape index (κ3) is 2.70. The monoisotopic (exact) mass is 263 g/mol. The summed E-state index contributed by atoms with van der Waals surface area (Å²) in [7, 11) is 0. The van der Waals surface area contributed by atoms with Crippen LogP contribution in [0.1, 0.15) is 19.7 Å². The van der Waals surface area contributed by atoms with Gasteiger partial charge in [0.2, 0.25) is 0 Å². The van der Waals surface area contributed by atoms with Crippen molar-refractivity contribution < 1.29 is 9.90 Å². The molecule has 0 unspecified atom stereocenters. The van der Waals surface area contributed by atoms with Crippen LogP contribution in [0.3, 0.4) is 0 Å². The topological polar surface area (TPSA) is 76.0 Å². The first-order chi connectivity index (χ1) is 8.49. The smallest absolute Gasteiger partial charge is 0.309 e. The molecule has 0 saturated heterocycles. The van der Waals surface area contributed by atoms with Crippen molar-refractivity contribution in [3.05, 3.63) is 30.4 Å². The van der Waals surface area contributed by atoms with E-state index in [2.05, 4.69) is 14.3 Å². The molecular formula is C12H13N3O2S. The van der Waals surface area contributed by atoms with Crippen molar-refractivity contribution >= 4 is 17.5 Å². The molecule has 0 bridgehead atoms. The van der Waals surface area contributed by atoms with Gasteiger partial charge in [0.15, 0.2) is 0 Å². The van der Waals surface area contributed by atoms with Gasteiger partial charge in [-0.3, -0.25) is 9.78 Å². The molecule has 0 fully saturated rings. The van der Waals surface area contributed by atoms with E-state index in [1.807, 2.05) is 12.1 Å². The minimum absolute atomic E-state index is 0.323. The van der Waals surface area contributed by atoms with Crippen LogP contribution in [-0.2, 0) is 11.2 Å². The molecule has 2 heterocycles. The van der Waals surface area contributed by atoms with Gasteiger partial charge in [-0.1, -0.05) is 0 Å². The number of carboxylic acid groups (broad SMARTS) is 1. The Hall–Kier alpha value is -1.82. The van der Waals surface area contributed by atoms with E-state index in [-0.39, 0.29) is 0 Å². The van der Waals surface area contributed by atoms with Crippen LogP contribution in [0.4, 0.5) is 0 Å². The fraction of sp³-hybridized carbons (Fsp3) is 0.333. The van der Waals surface area contributed by atoms with E-state index in [0.29, 0.717) is 12.2 Å². The Balaban J connectivity index is 2.19. The zero-order chi connectivity index (χ0) is 13.2. The second kappa shape index (κ2) is 4.81. The minimum atomic E-state index is -0.851. The molecule has 6 heteroatoms. The zero-order valence-electron chi connectivity index (χ0n) is 10.1. The molecule has 0 atom stereocenters. The predicted octanol–water partition coefficient (Wildman–Crippen LogP) is 2.25. The normalized spacial score (nSPS) is 11.4. The SMILES string of the molecule is CC(C)(Cc1nsc(-c2ccncc2)n1)C(=O)O. The molecule has 0 saturated carbocycles. The maximum Gasteiger partial charge on any atom is 0.309 e. The maximum atomic E-state index is 11.0. The Bertz CT molecular complexity index is 551. The Kier molecular flexibility index (Phi) is 3.38. The molecular weight excluding hydrogens is 250 g/mol. The average Bonchev–Trinajstić information content (AvgIpc) is 2.78. The lowest BCUT2D eigenvalue weighted by Gasteiger charge is -2.16. The van der Waals surface area contributed by atoms with E-state index in [1.165, 1.54) is 11.5 Å².